The lowest BCUT2D eigenvalue weighted by molar-refractivity contribution is -0.146. The number of aryl methyl sites for hydroxylation is 1. The second kappa shape index (κ2) is 6.20. The maximum Gasteiger partial charge on any atom is 0.243 e. The van der Waals surface area contributed by atoms with Gasteiger partial charge in [-0.1, -0.05) is 0 Å². The van der Waals surface area contributed by atoms with E-state index in [0.717, 1.165) is 25.2 Å². The van der Waals surface area contributed by atoms with Crippen LogP contribution in [0.15, 0.2) is 12.4 Å². The van der Waals surface area contributed by atoms with Crippen LogP contribution < -0.4 is 0 Å². The van der Waals surface area contributed by atoms with Crippen molar-refractivity contribution in [2.75, 3.05) is 26.4 Å². The molecule has 0 unspecified atom stereocenters. The van der Waals surface area contributed by atoms with Crippen molar-refractivity contribution in [3.63, 3.8) is 0 Å². The number of nitrogens with zero attached hydrogens (tertiary/aromatic N) is 4. The third kappa shape index (κ3) is 2.92. The van der Waals surface area contributed by atoms with Gasteiger partial charge in [0.15, 0.2) is 0 Å². The SMILES string of the molecule is Cn1ccnc1[C@@H]1OCCC[C@H]1C(=O)N1CC(=O)N(CC2CC2)C1. The van der Waals surface area contributed by atoms with Crippen LogP contribution in [0.5, 0.6) is 0 Å². The van der Waals surface area contributed by atoms with E-state index in [0.29, 0.717) is 19.2 Å². The van der Waals surface area contributed by atoms with Crippen molar-refractivity contribution < 1.29 is 14.3 Å². The van der Waals surface area contributed by atoms with Crippen LogP contribution in [0.25, 0.3) is 0 Å². The van der Waals surface area contributed by atoms with E-state index in [1.807, 2.05) is 22.7 Å². The summed E-state index contributed by atoms with van der Waals surface area (Å²) in [5, 5.41) is 0. The number of aromatic nitrogens is 2. The predicted molar refractivity (Wildman–Crippen MR) is 85.6 cm³/mol. The Morgan fingerprint density at radius 2 is 2.21 bits per heavy atom. The van der Waals surface area contributed by atoms with Gasteiger partial charge in [-0.15, -0.1) is 0 Å². The minimum Gasteiger partial charge on any atom is -0.369 e. The molecule has 2 aliphatic heterocycles. The first-order chi connectivity index (χ1) is 11.6. The molecule has 1 saturated carbocycles. The Balaban J connectivity index is 1.47. The molecule has 1 aromatic rings. The van der Waals surface area contributed by atoms with E-state index in [1.54, 1.807) is 11.1 Å². The quantitative estimate of drug-likeness (QED) is 0.822. The Morgan fingerprint density at radius 1 is 1.38 bits per heavy atom. The molecule has 0 spiro atoms. The molecule has 0 aromatic carbocycles. The molecule has 2 atom stereocenters. The normalized spacial score (nSPS) is 27.8. The van der Waals surface area contributed by atoms with Gasteiger partial charge in [0.2, 0.25) is 11.8 Å². The van der Waals surface area contributed by atoms with Gasteiger partial charge in [-0.05, 0) is 31.6 Å². The summed E-state index contributed by atoms with van der Waals surface area (Å²) in [5.74, 6) is 1.26. The zero-order chi connectivity index (χ0) is 16.7. The Bertz CT molecular complexity index is 640. The molecule has 1 aliphatic carbocycles. The van der Waals surface area contributed by atoms with Gasteiger partial charge in [0, 0.05) is 32.6 Å². The van der Waals surface area contributed by atoms with E-state index in [9.17, 15) is 9.59 Å². The lowest BCUT2D eigenvalue weighted by atomic mass is 9.92. The van der Waals surface area contributed by atoms with Gasteiger partial charge in [-0.2, -0.15) is 0 Å². The number of amides is 2. The fraction of sp³-hybridized carbons (Fsp3) is 0.706. The number of hydrogen-bond acceptors (Lipinski definition) is 4. The largest absolute Gasteiger partial charge is 0.369 e. The van der Waals surface area contributed by atoms with Crippen molar-refractivity contribution in [3.05, 3.63) is 18.2 Å². The molecule has 3 fully saturated rings. The molecule has 7 nitrogen and oxygen atoms in total. The van der Waals surface area contributed by atoms with Crippen LogP contribution in [0.4, 0.5) is 0 Å². The van der Waals surface area contributed by atoms with E-state index in [4.69, 9.17) is 4.74 Å². The Kier molecular flexibility index (Phi) is 4.04. The molecule has 3 aliphatic rings. The molecule has 3 heterocycles. The fourth-order valence-electron chi connectivity index (χ4n) is 3.69. The Morgan fingerprint density at radius 3 is 2.92 bits per heavy atom. The topological polar surface area (TPSA) is 67.7 Å². The maximum atomic E-state index is 13.0. The number of imidazole rings is 1. The van der Waals surface area contributed by atoms with Gasteiger partial charge in [-0.25, -0.2) is 4.98 Å². The monoisotopic (exact) mass is 332 g/mol. The summed E-state index contributed by atoms with van der Waals surface area (Å²) in [5.41, 5.74) is 0. The second-order valence-electron chi connectivity index (χ2n) is 7.17. The third-order valence-corrected chi connectivity index (χ3v) is 5.26. The first-order valence-corrected chi connectivity index (χ1v) is 8.79. The van der Waals surface area contributed by atoms with Crippen molar-refractivity contribution >= 4 is 11.8 Å². The van der Waals surface area contributed by atoms with Crippen LogP contribution in [-0.4, -0.2) is 57.5 Å². The number of rotatable bonds is 4. The average molecular weight is 332 g/mol. The first-order valence-electron chi connectivity index (χ1n) is 8.79. The van der Waals surface area contributed by atoms with E-state index in [2.05, 4.69) is 4.98 Å². The summed E-state index contributed by atoms with van der Waals surface area (Å²) < 4.78 is 7.80. The van der Waals surface area contributed by atoms with Gasteiger partial charge in [0.05, 0.1) is 12.6 Å². The smallest absolute Gasteiger partial charge is 0.243 e. The van der Waals surface area contributed by atoms with Gasteiger partial charge in [0.25, 0.3) is 0 Å². The van der Waals surface area contributed by atoms with Crippen molar-refractivity contribution in [3.8, 4) is 0 Å². The predicted octanol–water partition coefficient (Wildman–Crippen LogP) is 0.926. The fourth-order valence-corrected chi connectivity index (χ4v) is 3.69. The van der Waals surface area contributed by atoms with Crippen molar-refractivity contribution in [1.29, 1.82) is 0 Å². The van der Waals surface area contributed by atoms with Crippen LogP contribution in [-0.2, 0) is 21.4 Å². The van der Waals surface area contributed by atoms with Crippen LogP contribution in [0.3, 0.4) is 0 Å². The van der Waals surface area contributed by atoms with Crippen molar-refractivity contribution in [2.24, 2.45) is 18.9 Å². The van der Waals surface area contributed by atoms with E-state index in [-0.39, 0.29) is 30.4 Å². The average Bonchev–Trinajstić information content (AvgIpc) is 3.19. The number of carbonyl (C=O) groups is 2. The van der Waals surface area contributed by atoms with E-state index >= 15 is 0 Å². The zero-order valence-corrected chi connectivity index (χ0v) is 14.1. The highest BCUT2D eigenvalue weighted by Gasteiger charge is 2.41. The highest BCUT2D eigenvalue weighted by molar-refractivity contribution is 5.89. The van der Waals surface area contributed by atoms with Crippen LogP contribution in [0, 0.1) is 11.8 Å². The number of hydrogen-bond donors (Lipinski definition) is 0. The highest BCUT2D eigenvalue weighted by atomic mass is 16.5. The van der Waals surface area contributed by atoms with E-state index < -0.39 is 0 Å². The molecule has 1 aromatic heterocycles. The lowest BCUT2D eigenvalue weighted by Gasteiger charge is -2.32. The number of carbonyl (C=O) groups excluding carboxylic acids is 2. The summed E-state index contributed by atoms with van der Waals surface area (Å²) in [4.78, 5) is 33.1. The molecule has 7 heteroatoms. The molecule has 0 bridgehead atoms. The molecule has 2 amide bonds. The Hall–Kier alpha value is -1.89. The first kappa shape index (κ1) is 15.6. The third-order valence-electron chi connectivity index (χ3n) is 5.26. The summed E-state index contributed by atoms with van der Waals surface area (Å²) in [6.45, 7) is 2.08. The van der Waals surface area contributed by atoms with Crippen LogP contribution in [0.1, 0.15) is 37.6 Å². The zero-order valence-electron chi connectivity index (χ0n) is 14.1. The molecule has 0 radical (unpaired) electrons. The molecular weight excluding hydrogens is 308 g/mol. The van der Waals surface area contributed by atoms with Crippen molar-refractivity contribution in [2.45, 2.75) is 31.8 Å². The van der Waals surface area contributed by atoms with Crippen molar-refractivity contribution in [1.82, 2.24) is 19.4 Å². The summed E-state index contributed by atoms with van der Waals surface area (Å²) in [6.07, 6.45) is 7.33. The summed E-state index contributed by atoms with van der Waals surface area (Å²) >= 11 is 0. The molecule has 4 rings (SSSR count). The van der Waals surface area contributed by atoms with Gasteiger partial charge in [0.1, 0.15) is 18.5 Å². The highest BCUT2D eigenvalue weighted by Crippen LogP contribution is 2.35. The molecular formula is C17H24N4O3. The van der Waals surface area contributed by atoms with Crippen LogP contribution >= 0.6 is 0 Å². The minimum absolute atomic E-state index is 0.0225. The molecule has 0 N–H and O–H groups in total. The molecule has 2 saturated heterocycles. The van der Waals surface area contributed by atoms with Crippen LogP contribution in [0.2, 0.25) is 0 Å². The Labute approximate surface area is 141 Å². The lowest BCUT2D eigenvalue weighted by Crippen LogP contribution is -2.41. The van der Waals surface area contributed by atoms with Gasteiger partial charge >= 0.3 is 0 Å². The van der Waals surface area contributed by atoms with Gasteiger partial charge < -0.3 is 19.1 Å². The molecule has 130 valence electrons. The maximum absolute atomic E-state index is 13.0. The summed E-state index contributed by atoms with van der Waals surface area (Å²) in [6, 6.07) is 0. The van der Waals surface area contributed by atoms with Gasteiger partial charge in [-0.3, -0.25) is 9.59 Å². The number of ether oxygens (including phenoxy) is 1. The standard InChI is InChI=1S/C17H24N4O3/c1-19-7-6-18-16(19)15-13(3-2-8-24-15)17(23)21-10-14(22)20(11-21)9-12-4-5-12/h6-7,12-13,15H,2-5,8-11H2,1H3/t13-,15-/m1/s1. The molecule has 24 heavy (non-hydrogen) atoms. The van der Waals surface area contributed by atoms with E-state index in [1.165, 1.54) is 12.8 Å². The second-order valence-corrected chi connectivity index (χ2v) is 7.17. The summed E-state index contributed by atoms with van der Waals surface area (Å²) in [7, 11) is 1.92. The minimum atomic E-state index is -0.321.